The van der Waals surface area contributed by atoms with Crippen LogP contribution in [-0.2, 0) is 48.1 Å². The van der Waals surface area contributed by atoms with E-state index in [-0.39, 0.29) is 48.1 Å². The number of ether oxygens (including phenoxy) is 1. The molecule has 6 heteroatoms. The maximum absolute atomic E-state index is 6.74. The molecule has 67 heavy (non-hydrogen) atoms. The molecule has 0 saturated carbocycles. The summed E-state index contributed by atoms with van der Waals surface area (Å²) in [7, 11) is 0. The Morgan fingerprint density at radius 3 is 1.76 bits per heavy atom. The molecule has 8 aromatic rings. The monoisotopic (exact) mass is 1060 g/mol. The number of fused-ring (bicyclic) bond motifs is 4. The molecule has 0 bridgehead atoms. The molecule has 348 valence electrons. The van der Waals surface area contributed by atoms with E-state index in [1.54, 1.807) is 0 Å². The van der Waals surface area contributed by atoms with Crippen LogP contribution in [0.25, 0.3) is 27.6 Å². The number of anilines is 4. The maximum atomic E-state index is 6.74. The maximum Gasteiger partial charge on any atom is 0.135 e. The quantitative estimate of drug-likeness (QED) is 0.149. The second kappa shape index (κ2) is 17.1. The molecule has 0 atom stereocenters. The molecule has 1 aliphatic rings. The Morgan fingerprint density at radius 2 is 1.10 bits per heavy atom. The van der Waals surface area contributed by atoms with Crippen molar-refractivity contribution in [2.75, 3.05) is 9.80 Å². The van der Waals surface area contributed by atoms with Gasteiger partial charge in [0.2, 0.25) is 0 Å². The minimum Gasteiger partial charge on any atom is -0.509 e. The molecule has 0 radical (unpaired) electrons. The van der Waals surface area contributed by atoms with Gasteiger partial charge in [-0.3, -0.25) is 0 Å². The third-order valence-electron chi connectivity index (χ3n) is 13.4. The molecule has 0 amide bonds. The Hall–Kier alpha value is -5.64. The van der Waals surface area contributed by atoms with Crippen molar-refractivity contribution in [2.45, 2.75) is 124 Å². The molecular weight excluding hydrogens is 1000 g/mol. The van der Waals surface area contributed by atoms with Crippen LogP contribution in [0.2, 0.25) is 0 Å². The largest absolute Gasteiger partial charge is 0.509 e. The zero-order valence-electron chi connectivity index (χ0n) is 41.8. The number of hydrogen-bond acceptors (Lipinski definition) is 4. The van der Waals surface area contributed by atoms with Gasteiger partial charge in [0.05, 0.1) is 0 Å². The first-order chi connectivity index (χ1) is 31.0. The van der Waals surface area contributed by atoms with Crippen LogP contribution < -0.4 is 14.5 Å². The van der Waals surface area contributed by atoms with Crippen LogP contribution in [0.5, 0.6) is 11.5 Å². The molecule has 0 aliphatic carbocycles. The van der Waals surface area contributed by atoms with Gasteiger partial charge in [0.15, 0.2) is 0 Å². The first-order valence-corrected chi connectivity index (χ1v) is 23.5. The Bertz CT molecular complexity index is 3120. The van der Waals surface area contributed by atoms with E-state index in [1.165, 1.54) is 33.4 Å². The normalized spacial score (nSPS) is 13.6. The molecule has 9 rings (SSSR count). The molecular formula is C61H65N4OPt-3. The molecule has 0 spiro atoms. The molecule has 0 saturated heterocycles. The summed E-state index contributed by atoms with van der Waals surface area (Å²) in [5, 5.41) is 2.24. The third kappa shape index (κ3) is 9.09. The van der Waals surface area contributed by atoms with Gasteiger partial charge in [-0.15, -0.1) is 48.1 Å². The summed E-state index contributed by atoms with van der Waals surface area (Å²) in [4.78, 5) is 9.56. The van der Waals surface area contributed by atoms with Crippen LogP contribution >= 0.6 is 0 Å². The van der Waals surface area contributed by atoms with E-state index in [0.29, 0.717) is 11.5 Å². The van der Waals surface area contributed by atoms with Crippen LogP contribution in [0.3, 0.4) is 0 Å². The van der Waals surface area contributed by atoms with Crippen molar-refractivity contribution < 1.29 is 25.8 Å². The first kappa shape index (κ1) is 47.8. The van der Waals surface area contributed by atoms with E-state index in [0.717, 1.165) is 50.4 Å². The number of para-hydroxylation sites is 1. The van der Waals surface area contributed by atoms with E-state index < -0.39 is 0 Å². The molecule has 6 aromatic carbocycles. The number of benzene rings is 6. The van der Waals surface area contributed by atoms with Crippen molar-refractivity contribution in [3.63, 3.8) is 0 Å². The Balaban J connectivity index is 0.00000608. The van der Waals surface area contributed by atoms with Gasteiger partial charge in [-0.1, -0.05) is 157 Å². The zero-order valence-corrected chi connectivity index (χ0v) is 44.1. The fourth-order valence-corrected chi connectivity index (χ4v) is 9.34. The summed E-state index contributed by atoms with van der Waals surface area (Å²) in [6, 6.07) is 53.4. The predicted octanol–water partition coefficient (Wildman–Crippen LogP) is 16.5. The Morgan fingerprint density at radius 1 is 0.493 bits per heavy atom. The summed E-state index contributed by atoms with van der Waals surface area (Å²) in [5.41, 5.74) is 13.5. The van der Waals surface area contributed by atoms with E-state index in [2.05, 4.69) is 245 Å². The summed E-state index contributed by atoms with van der Waals surface area (Å²) in [6.07, 6.45) is 1.91. The van der Waals surface area contributed by atoms with Gasteiger partial charge in [-0.2, -0.15) is 12.1 Å². The first-order valence-electron chi connectivity index (χ1n) is 23.5. The average molecular weight is 1070 g/mol. The van der Waals surface area contributed by atoms with Crippen LogP contribution in [0, 0.1) is 18.8 Å². The summed E-state index contributed by atoms with van der Waals surface area (Å²) in [6.45, 7) is 34.5. The molecule has 5 nitrogen and oxygen atoms in total. The number of rotatable bonds is 7. The van der Waals surface area contributed by atoms with Gasteiger partial charge in [-0.05, 0) is 103 Å². The SMILES string of the molecule is CC(C)(C)c1cc(N2[CH-]N(c3[c-]c(Oc4[c-]c5c(cc4)c4ccccc4n5-c4cc(C(C)(C)C)ccn4)ccc3)c3cc(C(C)(C)C)c(C(C)(C)C)cc32)cc(C(C)(C)c2ccccc2)c1.[Pt]. The third-order valence-corrected chi connectivity index (χ3v) is 13.4. The average Bonchev–Trinajstić information content (AvgIpc) is 3.81. The molecule has 3 heterocycles. The molecule has 2 aromatic heterocycles. The summed E-state index contributed by atoms with van der Waals surface area (Å²) >= 11 is 0. The molecule has 0 unspecified atom stereocenters. The Kier molecular flexibility index (Phi) is 12.2. The van der Waals surface area contributed by atoms with E-state index in [9.17, 15) is 0 Å². The van der Waals surface area contributed by atoms with E-state index in [4.69, 9.17) is 9.72 Å². The zero-order chi connectivity index (χ0) is 47.1. The summed E-state index contributed by atoms with van der Waals surface area (Å²) in [5.74, 6) is 2.07. The number of hydrogen-bond donors (Lipinski definition) is 0. The minimum atomic E-state index is -0.229. The molecule has 1 aliphatic heterocycles. The van der Waals surface area contributed by atoms with Crippen LogP contribution in [0.1, 0.15) is 130 Å². The molecule has 0 N–H and O–H groups in total. The smallest absolute Gasteiger partial charge is 0.135 e. The van der Waals surface area contributed by atoms with Gasteiger partial charge in [0, 0.05) is 66.8 Å². The van der Waals surface area contributed by atoms with Crippen molar-refractivity contribution in [1.82, 2.24) is 9.55 Å². The van der Waals surface area contributed by atoms with Gasteiger partial charge >= 0.3 is 0 Å². The van der Waals surface area contributed by atoms with Crippen molar-refractivity contribution in [3.8, 4) is 17.3 Å². The van der Waals surface area contributed by atoms with Crippen molar-refractivity contribution in [3.05, 3.63) is 186 Å². The fourth-order valence-electron chi connectivity index (χ4n) is 9.34. The summed E-state index contributed by atoms with van der Waals surface area (Å²) < 4.78 is 8.95. The standard InChI is InChI=1S/C61H65N4O.Pt/c1-57(2,3)41-29-30-62-56(34-41)65-52-26-19-18-25-48(52)49-28-27-47(36-53(49)65)66-46-24-20-23-44(35-46)63-39-64(55-38-51(60(10,11)12)50(37-54(55)63)59(7,8)9)45-32-42(58(4,5)6)31-43(33-45)61(13,14)40-21-16-15-17-22-40;/h15-34,37-39H,1-14H3;/q-3;. The van der Waals surface area contributed by atoms with E-state index >= 15 is 0 Å². The van der Waals surface area contributed by atoms with Crippen LogP contribution in [0.4, 0.5) is 22.7 Å². The minimum absolute atomic E-state index is 0. The van der Waals surface area contributed by atoms with Crippen molar-refractivity contribution >= 4 is 44.6 Å². The number of aromatic nitrogens is 2. The van der Waals surface area contributed by atoms with Crippen LogP contribution in [-0.4, -0.2) is 9.55 Å². The van der Waals surface area contributed by atoms with Crippen LogP contribution in [0.15, 0.2) is 134 Å². The van der Waals surface area contributed by atoms with Gasteiger partial charge in [0.1, 0.15) is 5.82 Å². The van der Waals surface area contributed by atoms with E-state index in [1.807, 2.05) is 18.3 Å². The number of nitrogens with zero attached hydrogens (tertiary/aromatic N) is 4. The van der Waals surface area contributed by atoms with Crippen molar-refractivity contribution in [2.24, 2.45) is 0 Å². The van der Waals surface area contributed by atoms with Gasteiger partial charge < -0.3 is 19.1 Å². The molecule has 0 fully saturated rings. The second-order valence-corrected chi connectivity index (χ2v) is 22.8. The van der Waals surface area contributed by atoms with Gasteiger partial charge in [-0.25, -0.2) is 4.98 Å². The number of pyridine rings is 1. The Labute approximate surface area is 414 Å². The fraction of sp³-hybridized carbons (Fsp3) is 0.311. The second-order valence-electron chi connectivity index (χ2n) is 22.8. The topological polar surface area (TPSA) is 33.5 Å². The van der Waals surface area contributed by atoms with Crippen molar-refractivity contribution in [1.29, 1.82) is 0 Å². The van der Waals surface area contributed by atoms with Gasteiger partial charge in [0.25, 0.3) is 0 Å². The predicted molar refractivity (Wildman–Crippen MR) is 278 cm³/mol.